The lowest BCUT2D eigenvalue weighted by Gasteiger charge is -2.28. The van der Waals surface area contributed by atoms with Crippen LogP contribution in [0.15, 0.2) is 48.0 Å². The first-order valence-electron chi connectivity index (χ1n) is 14.5. The number of carbonyl (C=O) groups excluding carboxylic acids is 2. The molecule has 0 bridgehead atoms. The smallest absolute Gasteiger partial charge is 0.295 e. The predicted molar refractivity (Wildman–Crippen MR) is 150 cm³/mol. The summed E-state index contributed by atoms with van der Waals surface area (Å²) in [6, 6.07) is 12.0. The van der Waals surface area contributed by atoms with E-state index in [4.69, 9.17) is 9.47 Å². The van der Waals surface area contributed by atoms with Crippen LogP contribution < -0.4 is 19.5 Å². The van der Waals surface area contributed by atoms with Crippen LogP contribution in [-0.4, -0.2) is 55.5 Å². The van der Waals surface area contributed by atoms with Gasteiger partial charge in [0.1, 0.15) is 17.6 Å². The van der Waals surface area contributed by atoms with E-state index < -0.39 is 23.5 Å². The van der Waals surface area contributed by atoms with Crippen LogP contribution in [0.1, 0.15) is 76.1 Å². The Kier molecular flexibility index (Phi) is 9.68. The maximum Gasteiger partial charge on any atom is 0.295 e. The first-order chi connectivity index (χ1) is 18.9. The van der Waals surface area contributed by atoms with Gasteiger partial charge in [-0.05, 0) is 68.1 Å². The van der Waals surface area contributed by atoms with Gasteiger partial charge in [0.15, 0.2) is 0 Å². The molecular weight excluding hydrogens is 492 g/mol. The van der Waals surface area contributed by atoms with Crippen molar-refractivity contribution < 1.29 is 29.1 Å². The quantitative estimate of drug-likeness (QED) is 0.185. The molecule has 0 spiro atoms. The minimum Gasteiger partial charge on any atom is -0.872 e. The number of hydrogen-bond acceptors (Lipinski definition) is 5. The van der Waals surface area contributed by atoms with Gasteiger partial charge < -0.3 is 24.4 Å². The summed E-state index contributed by atoms with van der Waals surface area (Å²) in [6.45, 7) is 12.3. The molecule has 0 radical (unpaired) electrons. The van der Waals surface area contributed by atoms with Gasteiger partial charge >= 0.3 is 0 Å². The number of likely N-dealkylation sites (tertiary alicyclic amines) is 1. The van der Waals surface area contributed by atoms with Crippen molar-refractivity contribution in [2.24, 2.45) is 0 Å². The molecule has 2 heterocycles. The fraction of sp³-hybridized carbons (Fsp3) is 0.500. The van der Waals surface area contributed by atoms with Gasteiger partial charge in [-0.15, -0.1) is 0 Å². The Hall–Kier alpha value is -3.32. The number of nitrogens with one attached hydrogen (secondary N) is 1. The van der Waals surface area contributed by atoms with Crippen LogP contribution in [0, 0.1) is 0 Å². The van der Waals surface area contributed by atoms with E-state index in [1.807, 2.05) is 37.3 Å². The SMILES string of the molecule is CCCCCOc1cccc(C2/C(=C(\[O-])c3ccc4c(c3)CC(C)O4)C(=O)C(=O)N2CCC[NH+](CC)CC)c1. The zero-order valence-electron chi connectivity index (χ0n) is 23.8. The second-order valence-electron chi connectivity index (χ2n) is 10.6. The molecule has 2 aliphatic heterocycles. The molecule has 2 aliphatic rings. The third-order valence-corrected chi connectivity index (χ3v) is 7.81. The number of amides is 1. The first-order valence-corrected chi connectivity index (χ1v) is 14.5. The van der Waals surface area contributed by atoms with Crippen LogP contribution in [0.2, 0.25) is 0 Å². The number of Topliss-reactive ketones (excluding diaryl/α,β-unsaturated/α-hetero) is 1. The molecule has 1 fully saturated rings. The van der Waals surface area contributed by atoms with Crippen LogP contribution in [0.3, 0.4) is 0 Å². The minimum absolute atomic E-state index is 0.0187. The van der Waals surface area contributed by atoms with Gasteiger partial charge in [-0.1, -0.05) is 43.7 Å². The van der Waals surface area contributed by atoms with Crippen molar-refractivity contribution in [2.45, 2.75) is 71.9 Å². The average Bonchev–Trinajstić information content (AvgIpc) is 3.44. The Morgan fingerprint density at radius 3 is 2.62 bits per heavy atom. The van der Waals surface area contributed by atoms with Crippen LogP contribution in [0.25, 0.3) is 5.76 Å². The number of benzene rings is 2. The topological polar surface area (TPSA) is 83.3 Å². The van der Waals surface area contributed by atoms with Crippen LogP contribution >= 0.6 is 0 Å². The molecule has 1 N–H and O–H groups in total. The highest BCUT2D eigenvalue weighted by atomic mass is 16.5. The van der Waals surface area contributed by atoms with Crippen molar-refractivity contribution in [1.29, 1.82) is 0 Å². The molecule has 39 heavy (non-hydrogen) atoms. The van der Waals surface area contributed by atoms with Crippen LogP contribution in [0.4, 0.5) is 0 Å². The number of unbranched alkanes of at least 4 members (excludes halogenated alkanes) is 2. The number of hydrogen-bond donors (Lipinski definition) is 1. The summed E-state index contributed by atoms with van der Waals surface area (Å²) in [5.74, 6) is -0.266. The summed E-state index contributed by atoms with van der Waals surface area (Å²) in [4.78, 5) is 29.8. The van der Waals surface area contributed by atoms with E-state index in [0.29, 0.717) is 30.9 Å². The molecule has 4 rings (SSSR count). The van der Waals surface area contributed by atoms with Gasteiger partial charge in [0.25, 0.3) is 5.91 Å². The summed E-state index contributed by atoms with van der Waals surface area (Å²) in [7, 11) is 0. The fourth-order valence-electron chi connectivity index (χ4n) is 5.59. The van der Waals surface area contributed by atoms with Crippen molar-refractivity contribution in [3.05, 3.63) is 64.7 Å². The highest BCUT2D eigenvalue weighted by Crippen LogP contribution is 2.40. The molecular formula is C32H42N2O5. The monoisotopic (exact) mass is 534 g/mol. The fourth-order valence-corrected chi connectivity index (χ4v) is 5.59. The van der Waals surface area contributed by atoms with Crippen molar-refractivity contribution in [3.63, 3.8) is 0 Å². The number of rotatable bonds is 13. The van der Waals surface area contributed by atoms with E-state index in [-0.39, 0.29) is 11.7 Å². The zero-order valence-corrected chi connectivity index (χ0v) is 23.8. The van der Waals surface area contributed by atoms with Gasteiger partial charge in [0.05, 0.1) is 32.3 Å². The Morgan fingerprint density at radius 1 is 1.08 bits per heavy atom. The third kappa shape index (κ3) is 6.47. The van der Waals surface area contributed by atoms with E-state index in [1.165, 1.54) is 4.90 Å². The van der Waals surface area contributed by atoms with Crippen molar-refractivity contribution in [2.75, 3.05) is 32.8 Å². The standard InChI is InChI=1S/C32H42N2O5/c1-5-8-9-18-38-26-13-10-12-23(21-26)29-28(30(35)24-14-15-27-25(20-24)19-22(4)39-27)31(36)32(37)34(29)17-11-16-33(6-2)7-3/h10,12-15,20-22,29,35H,5-9,11,16-19H2,1-4H3/b30-28+. The number of ketones is 1. The third-order valence-electron chi connectivity index (χ3n) is 7.81. The van der Waals surface area contributed by atoms with Crippen molar-refractivity contribution >= 4 is 17.4 Å². The molecule has 2 atom stereocenters. The van der Waals surface area contributed by atoms with E-state index in [1.54, 1.807) is 17.0 Å². The Labute approximate surface area is 232 Å². The van der Waals surface area contributed by atoms with Crippen LogP contribution in [0.5, 0.6) is 11.5 Å². The van der Waals surface area contributed by atoms with Gasteiger partial charge in [-0.25, -0.2) is 0 Å². The van der Waals surface area contributed by atoms with Gasteiger partial charge in [-0.2, -0.15) is 0 Å². The Bertz CT molecular complexity index is 1200. The summed E-state index contributed by atoms with van der Waals surface area (Å²) >= 11 is 0. The van der Waals surface area contributed by atoms with E-state index in [0.717, 1.165) is 62.2 Å². The van der Waals surface area contributed by atoms with Gasteiger partial charge in [0.2, 0.25) is 5.78 Å². The molecule has 1 saturated heterocycles. The summed E-state index contributed by atoms with van der Waals surface area (Å²) in [6.07, 6.45) is 4.65. The Morgan fingerprint density at radius 2 is 1.87 bits per heavy atom. The molecule has 0 saturated carbocycles. The second-order valence-corrected chi connectivity index (χ2v) is 10.6. The molecule has 7 nitrogen and oxygen atoms in total. The number of ether oxygens (including phenoxy) is 2. The molecule has 7 heteroatoms. The van der Waals surface area contributed by atoms with Gasteiger partial charge in [-0.3, -0.25) is 9.59 Å². The second kappa shape index (κ2) is 13.2. The first kappa shape index (κ1) is 28.7. The maximum absolute atomic E-state index is 13.9. The zero-order chi connectivity index (χ0) is 27.9. The predicted octanol–water partition coefficient (Wildman–Crippen LogP) is 3.12. The summed E-state index contributed by atoms with van der Waals surface area (Å²) in [5.41, 5.74) is 2.10. The van der Waals surface area contributed by atoms with Crippen molar-refractivity contribution in [1.82, 2.24) is 4.90 Å². The largest absolute Gasteiger partial charge is 0.872 e. The van der Waals surface area contributed by atoms with Crippen LogP contribution in [-0.2, 0) is 16.0 Å². The molecule has 2 unspecified atom stereocenters. The Balaban J connectivity index is 1.70. The maximum atomic E-state index is 13.9. The molecule has 2 aromatic carbocycles. The van der Waals surface area contributed by atoms with E-state index in [9.17, 15) is 14.7 Å². The lowest BCUT2D eigenvalue weighted by Crippen LogP contribution is -3.11. The molecule has 0 aromatic heterocycles. The van der Waals surface area contributed by atoms with Gasteiger partial charge in [0, 0.05) is 25.0 Å². The number of quaternary nitrogens is 1. The minimum atomic E-state index is -0.744. The van der Waals surface area contributed by atoms with E-state index in [2.05, 4.69) is 20.8 Å². The highest BCUT2D eigenvalue weighted by Gasteiger charge is 2.44. The normalized spacial score (nSPS) is 20.0. The lowest BCUT2D eigenvalue weighted by molar-refractivity contribution is -0.896. The molecule has 210 valence electrons. The molecule has 1 amide bonds. The number of carbonyl (C=O) groups is 2. The van der Waals surface area contributed by atoms with Crippen molar-refractivity contribution in [3.8, 4) is 11.5 Å². The average molecular weight is 535 g/mol. The number of nitrogens with zero attached hydrogens (tertiary/aromatic N) is 1. The lowest BCUT2D eigenvalue weighted by atomic mass is 9.94. The summed E-state index contributed by atoms with van der Waals surface area (Å²) in [5, 5.41) is 13.9. The summed E-state index contributed by atoms with van der Waals surface area (Å²) < 4.78 is 11.8. The highest BCUT2D eigenvalue weighted by molar-refractivity contribution is 6.46. The van der Waals surface area contributed by atoms with E-state index >= 15 is 0 Å². The number of fused-ring (bicyclic) bond motifs is 1. The molecule has 0 aliphatic carbocycles. The molecule has 2 aromatic rings.